The first-order chi connectivity index (χ1) is 12.0. The highest BCUT2D eigenvalue weighted by Crippen LogP contribution is 2.59. The minimum Gasteiger partial charge on any atom is -0.481 e. The molecule has 1 saturated carbocycles. The maximum Gasteiger partial charge on any atom is 0.407 e. The van der Waals surface area contributed by atoms with Crippen molar-refractivity contribution in [2.75, 3.05) is 6.54 Å². The molecule has 1 amide bonds. The molecule has 1 aromatic carbocycles. The van der Waals surface area contributed by atoms with E-state index in [0.29, 0.717) is 12.8 Å². The van der Waals surface area contributed by atoms with Gasteiger partial charge in [0.2, 0.25) is 0 Å². The number of hydrogen-bond donors (Lipinski definition) is 2. The second-order valence-electron chi connectivity index (χ2n) is 7.35. The Morgan fingerprint density at radius 3 is 2.24 bits per heavy atom. The summed E-state index contributed by atoms with van der Waals surface area (Å²) in [5.41, 5.74) is 0.173. The summed E-state index contributed by atoms with van der Waals surface area (Å²) in [4.78, 5) is 23.7. The lowest BCUT2D eigenvalue weighted by Gasteiger charge is -2.54. The Bertz CT molecular complexity index is 571. The lowest BCUT2D eigenvalue weighted by atomic mass is 9.50. The van der Waals surface area contributed by atoms with Gasteiger partial charge in [0, 0.05) is 6.54 Å². The molecule has 1 aromatic rings. The van der Waals surface area contributed by atoms with Crippen molar-refractivity contribution in [3.8, 4) is 0 Å². The van der Waals surface area contributed by atoms with Crippen LogP contribution in [0.4, 0.5) is 4.79 Å². The summed E-state index contributed by atoms with van der Waals surface area (Å²) in [6.45, 7) is 4.59. The van der Waals surface area contributed by atoms with Crippen LogP contribution in [0, 0.1) is 10.8 Å². The number of alkyl carbamates (subject to hydrolysis) is 1. The Hall–Kier alpha value is -2.04. The van der Waals surface area contributed by atoms with Crippen LogP contribution in [0.2, 0.25) is 0 Å². The number of rotatable bonds is 9. The number of benzene rings is 1. The summed E-state index contributed by atoms with van der Waals surface area (Å²) in [5, 5.41) is 12.3. The highest BCUT2D eigenvalue weighted by atomic mass is 16.5. The van der Waals surface area contributed by atoms with Crippen molar-refractivity contribution in [1.29, 1.82) is 0 Å². The largest absolute Gasteiger partial charge is 0.481 e. The molecular formula is C20H29NO4. The number of amides is 1. The maximum absolute atomic E-state index is 11.9. The Labute approximate surface area is 149 Å². The van der Waals surface area contributed by atoms with E-state index < -0.39 is 17.5 Å². The predicted molar refractivity (Wildman–Crippen MR) is 96.2 cm³/mol. The van der Waals surface area contributed by atoms with Crippen molar-refractivity contribution >= 4 is 12.1 Å². The Kier molecular flexibility index (Phi) is 6.45. The van der Waals surface area contributed by atoms with E-state index in [4.69, 9.17) is 4.74 Å². The average molecular weight is 347 g/mol. The van der Waals surface area contributed by atoms with Gasteiger partial charge in [0.05, 0.1) is 5.41 Å². The zero-order valence-electron chi connectivity index (χ0n) is 15.2. The van der Waals surface area contributed by atoms with Crippen LogP contribution in [0.15, 0.2) is 30.3 Å². The van der Waals surface area contributed by atoms with Crippen LogP contribution in [0.25, 0.3) is 0 Å². The van der Waals surface area contributed by atoms with Gasteiger partial charge in [0.15, 0.2) is 0 Å². The molecule has 0 aromatic heterocycles. The summed E-state index contributed by atoms with van der Waals surface area (Å²) in [7, 11) is 0. The fourth-order valence-electron chi connectivity index (χ4n) is 4.29. The van der Waals surface area contributed by atoms with E-state index in [0.717, 1.165) is 31.2 Å². The highest BCUT2D eigenvalue weighted by molar-refractivity contribution is 5.78. The lowest BCUT2D eigenvalue weighted by Crippen LogP contribution is -2.56. The van der Waals surface area contributed by atoms with E-state index >= 15 is 0 Å². The van der Waals surface area contributed by atoms with Crippen molar-refractivity contribution in [2.45, 2.75) is 59.0 Å². The summed E-state index contributed by atoms with van der Waals surface area (Å²) in [5.74, 6) is -0.821. The summed E-state index contributed by atoms with van der Waals surface area (Å²) in [6.07, 6.45) is 4.92. The van der Waals surface area contributed by atoms with Crippen LogP contribution < -0.4 is 5.32 Å². The smallest absolute Gasteiger partial charge is 0.407 e. The molecule has 0 unspecified atom stereocenters. The first-order valence-corrected chi connectivity index (χ1v) is 9.13. The number of ether oxygens (including phenoxy) is 1. The number of nitrogens with one attached hydrogen (secondary N) is 1. The Balaban J connectivity index is 1.86. The summed E-state index contributed by atoms with van der Waals surface area (Å²) < 4.78 is 5.18. The van der Waals surface area contributed by atoms with E-state index in [-0.39, 0.29) is 18.6 Å². The highest BCUT2D eigenvalue weighted by Gasteiger charge is 2.57. The standard InChI is InChI=1S/C20H29NO4/c1-3-10-19(11-4-2)13-20(14-19,17(22)23)15-21-18(24)25-12-16-8-6-5-7-9-16/h5-9H,3-4,10-15H2,1-2H3,(H,21,24)(H,22,23). The third kappa shape index (κ3) is 4.74. The molecule has 1 fully saturated rings. The monoisotopic (exact) mass is 347 g/mol. The molecule has 2 N–H and O–H groups in total. The quantitative estimate of drug-likeness (QED) is 0.696. The van der Waals surface area contributed by atoms with E-state index in [1.165, 1.54) is 0 Å². The molecule has 5 heteroatoms. The zero-order chi connectivity index (χ0) is 18.3. The van der Waals surface area contributed by atoms with Gasteiger partial charge in [-0.2, -0.15) is 0 Å². The first-order valence-electron chi connectivity index (χ1n) is 9.13. The molecular weight excluding hydrogens is 318 g/mol. The van der Waals surface area contributed by atoms with Gasteiger partial charge in [-0.05, 0) is 36.7 Å². The van der Waals surface area contributed by atoms with Crippen molar-refractivity contribution in [1.82, 2.24) is 5.32 Å². The van der Waals surface area contributed by atoms with Crippen LogP contribution in [0.3, 0.4) is 0 Å². The molecule has 0 spiro atoms. The average Bonchev–Trinajstić information content (AvgIpc) is 2.57. The number of carbonyl (C=O) groups is 2. The Morgan fingerprint density at radius 1 is 1.12 bits per heavy atom. The number of carboxylic acids is 1. The van der Waals surface area contributed by atoms with Gasteiger partial charge in [-0.25, -0.2) is 4.79 Å². The number of aliphatic carboxylic acids is 1. The third-order valence-electron chi connectivity index (χ3n) is 5.22. The van der Waals surface area contributed by atoms with Gasteiger partial charge in [-0.3, -0.25) is 4.79 Å². The van der Waals surface area contributed by atoms with Crippen molar-refractivity contribution < 1.29 is 19.4 Å². The van der Waals surface area contributed by atoms with Crippen molar-refractivity contribution in [2.24, 2.45) is 10.8 Å². The molecule has 25 heavy (non-hydrogen) atoms. The molecule has 138 valence electrons. The van der Waals surface area contributed by atoms with Crippen molar-refractivity contribution in [3.05, 3.63) is 35.9 Å². The fourth-order valence-corrected chi connectivity index (χ4v) is 4.29. The molecule has 1 aliphatic carbocycles. The van der Waals surface area contributed by atoms with Gasteiger partial charge >= 0.3 is 12.1 Å². The molecule has 0 saturated heterocycles. The van der Waals surface area contributed by atoms with E-state index in [2.05, 4.69) is 19.2 Å². The van der Waals surface area contributed by atoms with Gasteiger partial charge in [0.1, 0.15) is 6.61 Å². The summed E-state index contributed by atoms with van der Waals surface area (Å²) in [6, 6.07) is 9.41. The predicted octanol–water partition coefficient (Wildman–Crippen LogP) is 4.36. The van der Waals surface area contributed by atoms with Crippen LogP contribution >= 0.6 is 0 Å². The number of carboxylic acid groups (broad SMARTS) is 1. The molecule has 1 aliphatic rings. The van der Waals surface area contributed by atoms with E-state index in [9.17, 15) is 14.7 Å². The van der Waals surface area contributed by atoms with Gasteiger partial charge in [0.25, 0.3) is 0 Å². The van der Waals surface area contributed by atoms with Gasteiger partial charge in [-0.1, -0.05) is 57.0 Å². The Morgan fingerprint density at radius 2 is 1.72 bits per heavy atom. The third-order valence-corrected chi connectivity index (χ3v) is 5.22. The van der Waals surface area contributed by atoms with Crippen LogP contribution in [0.5, 0.6) is 0 Å². The molecule has 0 bridgehead atoms. The molecule has 2 rings (SSSR count). The van der Waals surface area contributed by atoms with Crippen molar-refractivity contribution in [3.63, 3.8) is 0 Å². The fraction of sp³-hybridized carbons (Fsp3) is 0.600. The molecule has 5 nitrogen and oxygen atoms in total. The molecule has 0 radical (unpaired) electrons. The first kappa shape index (κ1) is 19.3. The minimum absolute atomic E-state index is 0.123. The lowest BCUT2D eigenvalue weighted by molar-refractivity contribution is -0.167. The normalized spacial score (nSPS) is 17.4. The number of carbonyl (C=O) groups excluding carboxylic acids is 1. The van der Waals surface area contributed by atoms with Crippen LogP contribution in [0.1, 0.15) is 57.9 Å². The maximum atomic E-state index is 11.9. The van der Waals surface area contributed by atoms with Gasteiger partial charge in [-0.15, -0.1) is 0 Å². The van der Waals surface area contributed by atoms with Gasteiger partial charge < -0.3 is 15.2 Å². The van der Waals surface area contributed by atoms with E-state index in [1.54, 1.807) is 0 Å². The minimum atomic E-state index is -0.851. The van der Waals surface area contributed by atoms with E-state index in [1.807, 2.05) is 30.3 Å². The van der Waals surface area contributed by atoms with Crippen LogP contribution in [-0.4, -0.2) is 23.7 Å². The zero-order valence-corrected chi connectivity index (χ0v) is 15.2. The summed E-state index contributed by atoms with van der Waals surface area (Å²) >= 11 is 0. The number of hydrogen-bond acceptors (Lipinski definition) is 3. The molecule has 0 heterocycles. The SMILES string of the molecule is CCCC1(CCC)CC(CNC(=O)OCc2ccccc2)(C(=O)O)C1. The second-order valence-corrected chi connectivity index (χ2v) is 7.35. The molecule has 0 atom stereocenters. The van der Waals surface area contributed by atoms with Crippen LogP contribution in [-0.2, 0) is 16.1 Å². The molecule has 0 aliphatic heterocycles. The topological polar surface area (TPSA) is 75.6 Å². The second kappa shape index (κ2) is 8.37.